The lowest BCUT2D eigenvalue weighted by atomic mass is 9.58. The molecule has 3 fully saturated rings. The van der Waals surface area contributed by atoms with E-state index in [0.717, 1.165) is 48.9 Å². The summed E-state index contributed by atoms with van der Waals surface area (Å²) in [5.41, 5.74) is -0.140. The van der Waals surface area contributed by atoms with Crippen LogP contribution in [0.25, 0.3) is 0 Å². The van der Waals surface area contributed by atoms with E-state index >= 15 is 0 Å². The number of hydrogen-bond donors (Lipinski definition) is 0. The van der Waals surface area contributed by atoms with Gasteiger partial charge < -0.3 is 4.74 Å². The number of allylic oxidation sites excluding steroid dienone is 2. The maximum atomic E-state index is 12.5. The molecule has 158 valence electrons. The molecule has 5 atom stereocenters. The van der Waals surface area contributed by atoms with E-state index in [0.29, 0.717) is 5.75 Å². The van der Waals surface area contributed by atoms with E-state index in [9.17, 15) is 4.79 Å². The molecule has 4 aliphatic rings. The number of carbonyl (C=O) groups excluding carboxylic acids is 1. The van der Waals surface area contributed by atoms with Gasteiger partial charge in [0.2, 0.25) is 0 Å². The zero-order chi connectivity index (χ0) is 19.4. The SMILES string of the molecule is CCC1(OC(=O)CSC[C@@H]2CCC[C@@H]3C[C@@H]4CC=CC[C@@H]4C[C@@H]32)CCCCC1. The zero-order valence-corrected chi connectivity index (χ0v) is 18.7. The van der Waals surface area contributed by atoms with Crippen molar-refractivity contribution in [2.24, 2.45) is 29.6 Å². The average Bonchev–Trinajstić information content (AvgIpc) is 2.73. The molecule has 3 heteroatoms. The smallest absolute Gasteiger partial charge is 0.316 e. The van der Waals surface area contributed by atoms with Gasteiger partial charge in [0.05, 0.1) is 5.75 Å². The lowest BCUT2D eigenvalue weighted by Gasteiger charge is -2.48. The number of ether oxygens (including phenoxy) is 1. The molecule has 0 bridgehead atoms. The fourth-order valence-electron chi connectivity index (χ4n) is 6.87. The summed E-state index contributed by atoms with van der Waals surface area (Å²) in [5, 5.41) is 0. The van der Waals surface area contributed by atoms with Gasteiger partial charge in [0.1, 0.15) is 5.60 Å². The Balaban J connectivity index is 1.25. The van der Waals surface area contributed by atoms with Crippen LogP contribution >= 0.6 is 11.8 Å². The number of hydrogen-bond acceptors (Lipinski definition) is 3. The molecule has 28 heavy (non-hydrogen) atoms. The van der Waals surface area contributed by atoms with Crippen LogP contribution in [-0.2, 0) is 9.53 Å². The third-order valence-electron chi connectivity index (χ3n) is 8.54. The molecule has 0 N–H and O–H groups in total. The highest BCUT2D eigenvalue weighted by Crippen LogP contribution is 2.51. The Hall–Kier alpha value is -0.440. The van der Waals surface area contributed by atoms with Crippen molar-refractivity contribution in [1.82, 2.24) is 0 Å². The number of carbonyl (C=O) groups is 1. The maximum Gasteiger partial charge on any atom is 0.316 e. The van der Waals surface area contributed by atoms with Crippen molar-refractivity contribution < 1.29 is 9.53 Å². The van der Waals surface area contributed by atoms with Crippen molar-refractivity contribution in [1.29, 1.82) is 0 Å². The van der Waals surface area contributed by atoms with E-state index in [1.165, 1.54) is 70.0 Å². The quantitative estimate of drug-likeness (QED) is 0.360. The van der Waals surface area contributed by atoms with Crippen molar-refractivity contribution in [2.45, 2.75) is 96.0 Å². The van der Waals surface area contributed by atoms with Gasteiger partial charge in [-0.15, -0.1) is 11.8 Å². The van der Waals surface area contributed by atoms with Crippen LogP contribution in [-0.4, -0.2) is 23.1 Å². The molecule has 0 aromatic heterocycles. The summed E-state index contributed by atoms with van der Waals surface area (Å²) in [6.45, 7) is 2.19. The van der Waals surface area contributed by atoms with Gasteiger partial charge in [-0.25, -0.2) is 0 Å². The van der Waals surface area contributed by atoms with Crippen LogP contribution in [0.5, 0.6) is 0 Å². The summed E-state index contributed by atoms with van der Waals surface area (Å²) < 4.78 is 6.03. The van der Waals surface area contributed by atoms with Crippen LogP contribution in [0.2, 0.25) is 0 Å². The van der Waals surface area contributed by atoms with Crippen LogP contribution in [0, 0.1) is 29.6 Å². The average molecular weight is 405 g/mol. The number of rotatable bonds is 6. The van der Waals surface area contributed by atoms with Crippen LogP contribution in [0.4, 0.5) is 0 Å². The molecular weight excluding hydrogens is 364 g/mol. The Morgan fingerprint density at radius 3 is 2.50 bits per heavy atom. The zero-order valence-electron chi connectivity index (χ0n) is 17.9. The third kappa shape index (κ3) is 4.82. The molecule has 0 aliphatic heterocycles. The Morgan fingerprint density at radius 2 is 1.75 bits per heavy atom. The number of thioether (sulfide) groups is 1. The van der Waals surface area contributed by atoms with Gasteiger partial charge in [0, 0.05) is 0 Å². The molecule has 0 heterocycles. The summed E-state index contributed by atoms with van der Waals surface area (Å²) in [7, 11) is 0. The van der Waals surface area contributed by atoms with E-state index in [1.807, 2.05) is 11.8 Å². The molecule has 0 amide bonds. The summed E-state index contributed by atoms with van der Waals surface area (Å²) in [6.07, 6.45) is 21.5. The van der Waals surface area contributed by atoms with E-state index in [4.69, 9.17) is 4.74 Å². The van der Waals surface area contributed by atoms with E-state index in [2.05, 4.69) is 19.1 Å². The highest BCUT2D eigenvalue weighted by molar-refractivity contribution is 7.99. The lowest BCUT2D eigenvalue weighted by Crippen LogP contribution is -2.40. The molecule has 0 unspecified atom stereocenters. The molecule has 0 radical (unpaired) electrons. The van der Waals surface area contributed by atoms with Crippen molar-refractivity contribution in [3.8, 4) is 0 Å². The van der Waals surface area contributed by atoms with Gasteiger partial charge in [-0.2, -0.15) is 0 Å². The fraction of sp³-hybridized carbons (Fsp3) is 0.880. The fourth-order valence-corrected chi connectivity index (χ4v) is 7.93. The molecule has 0 spiro atoms. The predicted molar refractivity (Wildman–Crippen MR) is 118 cm³/mol. The Bertz CT molecular complexity index is 551. The first-order chi connectivity index (χ1) is 13.7. The van der Waals surface area contributed by atoms with E-state index < -0.39 is 0 Å². The minimum absolute atomic E-state index is 0.0437. The minimum Gasteiger partial charge on any atom is -0.458 e. The first-order valence-electron chi connectivity index (χ1n) is 12.1. The second-order valence-electron chi connectivity index (χ2n) is 10.1. The molecule has 0 aromatic carbocycles. The van der Waals surface area contributed by atoms with Crippen LogP contribution in [0.1, 0.15) is 90.4 Å². The van der Waals surface area contributed by atoms with E-state index in [1.54, 1.807) is 0 Å². The second kappa shape index (κ2) is 9.58. The molecule has 2 nitrogen and oxygen atoms in total. The minimum atomic E-state index is -0.140. The Morgan fingerprint density at radius 1 is 1.00 bits per heavy atom. The monoisotopic (exact) mass is 404 g/mol. The van der Waals surface area contributed by atoms with Crippen molar-refractivity contribution in [2.75, 3.05) is 11.5 Å². The van der Waals surface area contributed by atoms with Gasteiger partial charge in [-0.1, -0.05) is 38.3 Å². The standard InChI is InChI=1S/C25H40O2S/c1-2-25(13-6-3-7-14-25)27-24(26)18-28-17-22-12-8-11-21-15-19-9-4-5-10-20(19)16-23(21)22/h4-5,19-23H,2-3,6-18H2,1H3/t19-,20+,21+,22-,23-/m0/s1. The van der Waals surface area contributed by atoms with E-state index in [-0.39, 0.29) is 11.6 Å². The van der Waals surface area contributed by atoms with Crippen LogP contribution in [0.3, 0.4) is 0 Å². The van der Waals surface area contributed by atoms with Crippen LogP contribution < -0.4 is 0 Å². The summed E-state index contributed by atoms with van der Waals surface area (Å²) >= 11 is 1.86. The highest BCUT2D eigenvalue weighted by atomic mass is 32.2. The van der Waals surface area contributed by atoms with Gasteiger partial charge in [-0.05, 0) is 99.6 Å². The first-order valence-corrected chi connectivity index (χ1v) is 13.3. The van der Waals surface area contributed by atoms with Gasteiger partial charge in [-0.3, -0.25) is 4.79 Å². The highest BCUT2D eigenvalue weighted by Gasteiger charge is 2.42. The largest absolute Gasteiger partial charge is 0.458 e. The topological polar surface area (TPSA) is 26.3 Å². The maximum absolute atomic E-state index is 12.5. The molecule has 4 aliphatic carbocycles. The van der Waals surface area contributed by atoms with Gasteiger partial charge >= 0.3 is 5.97 Å². The van der Waals surface area contributed by atoms with Crippen molar-refractivity contribution >= 4 is 17.7 Å². The third-order valence-corrected chi connectivity index (χ3v) is 9.65. The summed E-state index contributed by atoms with van der Waals surface area (Å²) in [5.74, 6) is 6.40. The molecule has 3 saturated carbocycles. The Kier molecular flexibility index (Phi) is 7.12. The lowest BCUT2D eigenvalue weighted by molar-refractivity contribution is -0.160. The summed E-state index contributed by atoms with van der Waals surface area (Å²) in [6, 6.07) is 0. The predicted octanol–water partition coefficient (Wildman–Crippen LogP) is 6.78. The van der Waals surface area contributed by atoms with Crippen molar-refractivity contribution in [3.63, 3.8) is 0 Å². The first kappa shape index (κ1) is 20.8. The molecule has 0 saturated heterocycles. The van der Waals surface area contributed by atoms with Gasteiger partial charge in [0.15, 0.2) is 0 Å². The van der Waals surface area contributed by atoms with Gasteiger partial charge in [0.25, 0.3) is 0 Å². The van der Waals surface area contributed by atoms with Crippen LogP contribution in [0.15, 0.2) is 12.2 Å². The number of esters is 1. The Labute approximate surface area is 176 Å². The van der Waals surface area contributed by atoms with Crippen molar-refractivity contribution in [3.05, 3.63) is 12.2 Å². The second-order valence-corrected chi connectivity index (χ2v) is 11.2. The molecular formula is C25H40O2S. The molecule has 0 aromatic rings. The summed E-state index contributed by atoms with van der Waals surface area (Å²) in [4.78, 5) is 12.5. The normalized spacial score (nSPS) is 37.0. The number of fused-ring (bicyclic) bond motifs is 2. The molecule has 4 rings (SSSR count).